The molecule has 0 aliphatic heterocycles. The molecule has 3 nitrogen and oxygen atoms in total. The van der Waals surface area contributed by atoms with Gasteiger partial charge >= 0.3 is 0 Å². The zero-order chi connectivity index (χ0) is 14.0. The van der Waals surface area contributed by atoms with Crippen LogP contribution in [0.3, 0.4) is 0 Å². The highest BCUT2D eigenvalue weighted by Crippen LogP contribution is 2.26. The Hall–Kier alpha value is -1.35. The van der Waals surface area contributed by atoms with Crippen LogP contribution < -0.4 is 10.6 Å². The van der Waals surface area contributed by atoms with Crippen molar-refractivity contribution < 1.29 is 4.79 Å². The number of hydrogen-bond acceptors (Lipinski definition) is 2. The monoisotopic (exact) mass is 260 g/mol. The number of anilines is 1. The van der Waals surface area contributed by atoms with Crippen molar-refractivity contribution in [2.75, 3.05) is 11.9 Å². The van der Waals surface area contributed by atoms with E-state index in [1.165, 1.54) is 35.1 Å². The van der Waals surface area contributed by atoms with Crippen LogP contribution in [0.4, 0.5) is 5.69 Å². The lowest BCUT2D eigenvalue weighted by molar-refractivity contribution is -0.116. The molecule has 0 atom stereocenters. The van der Waals surface area contributed by atoms with E-state index in [-0.39, 0.29) is 5.91 Å². The molecule has 1 aliphatic rings. The minimum atomic E-state index is 0.101. The van der Waals surface area contributed by atoms with Crippen molar-refractivity contribution >= 4 is 11.6 Å². The number of nitrogens with one attached hydrogen (secondary N) is 2. The second-order valence-electron chi connectivity index (χ2n) is 5.66. The molecule has 0 bridgehead atoms. The molecule has 104 valence electrons. The fraction of sp³-hybridized carbons (Fsp3) is 0.562. The van der Waals surface area contributed by atoms with Crippen LogP contribution in [0.15, 0.2) is 6.07 Å². The normalized spacial score (nSPS) is 14.5. The maximum absolute atomic E-state index is 12.0. The van der Waals surface area contributed by atoms with Crippen molar-refractivity contribution in [1.82, 2.24) is 5.32 Å². The highest BCUT2D eigenvalue weighted by Gasteiger charge is 2.20. The first-order chi connectivity index (χ1) is 8.99. The van der Waals surface area contributed by atoms with Crippen LogP contribution in [0.5, 0.6) is 0 Å². The van der Waals surface area contributed by atoms with Gasteiger partial charge in [0, 0.05) is 24.7 Å². The standard InChI is InChI=1S/C16H24N2O/c1-10-9-11(2)13(4)16(12(10)3)18-15(19)7-8-17-14-5-6-14/h9,14,17H,5-8H2,1-4H3,(H,18,19). The summed E-state index contributed by atoms with van der Waals surface area (Å²) in [7, 11) is 0. The molecule has 3 heteroatoms. The van der Waals surface area contributed by atoms with Crippen molar-refractivity contribution in [3.05, 3.63) is 28.3 Å². The Morgan fingerprint density at radius 2 is 1.74 bits per heavy atom. The van der Waals surface area contributed by atoms with E-state index < -0.39 is 0 Å². The predicted octanol–water partition coefficient (Wildman–Crippen LogP) is 3.00. The van der Waals surface area contributed by atoms with Crippen LogP contribution in [0, 0.1) is 27.7 Å². The molecule has 0 spiro atoms. The Morgan fingerprint density at radius 1 is 1.16 bits per heavy atom. The molecule has 0 aromatic heterocycles. The lowest BCUT2D eigenvalue weighted by atomic mass is 9.98. The maximum Gasteiger partial charge on any atom is 0.225 e. The minimum Gasteiger partial charge on any atom is -0.326 e. The predicted molar refractivity (Wildman–Crippen MR) is 79.7 cm³/mol. The van der Waals surface area contributed by atoms with Crippen molar-refractivity contribution in [2.24, 2.45) is 0 Å². The van der Waals surface area contributed by atoms with Gasteiger partial charge in [0.05, 0.1) is 0 Å². The van der Waals surface area contributed by atoms with Gasteiger partial charge < -0.3 is 10.6 Å². The number of amides is 1. The summed E-state index contributed by atoms with van der Waals surface area (Å²) in [6.45, 7) is 9.09. The molecule has 0 heterocycles. The molecular formula is C16H24N2O. The smallest absolute Gasteiger partial charge is 0.225 e. The molecule has 1 aromatic rings. The van der Waals surface area contributed by atoms with Crippen molar-refractivity contribution in [3.8, 4) is 0 Å². The number of hydrogen-bond donors (Lipinski definition) is 2. The second kappa shape index (κ2) is 5.74. The van der Waals surface area contributed by atoms with Gasteiger partial charge in [0.15, 0.2) is 0 Å². The number of carbonyl (C=O) groups is 1. The van der Waals surface area contributed by atoms with E-state index in [0.717, 1.165) is 12.2 Å². The lowest BCUT2D eigenvalue weighted by Gasteiger charge is -2.16. The maximum atomic E-state index is 12.0. The Balaban J connectivity index is 1.98. The van der Waals surface area contributed by atoms with Crippen molar-refractivity contribution in [1.29, 1.82) is 0 Å². The highest BCUT2D eigenvalue weighted by atomic mass is 16.1. The van der Waals surface area contributed by atoms with Gasteiger partial charge in [-0.3, -0.25) is 4.79 Å². The van der Waals surface area contributed by atoms with E-state index in [1.54, 1.807) is 0 Å². The van der Waals surface area contributed by atoms with Gasteiger partial charge in [-0.15, -0.1) is 0 Å². The van der Waals surface area contributed by atoms with Crippen molar-refractivity contribution in [2.45, 2.75) is 53.0 Å². The Kier molecular flexibility index (Phi) is 4.25. The molecule has 1 saturated carbocycles. The number of rotatable bonds is 5. The van der Waals surface area contributed by atoms with Gasteiger partial charge in [-0.05, 0) is 62.8 Å². The average molecular weight is 260 g/mol. The largest absolute Gasteiger partial charge is 0.326 e. The number of aryl methyl sites for hydroxylation is 2. The second-order valence-corrected chi connectivity index (χ2v) is 5.66. The summed E-state index contributed by atoms with van der Waals surface area (Å²) in [5, 5.41) is 6.44. The molecule has 1 aliphatic carbocycles. The molecule has 2 rings (SSSR count). The first-order valence-electron chi connectivity index (χ1n) is 7.09. The lowest BCUT2D eigenvalue weighted by Crippen LogP contribution is -2.23. The molecule has 2 N–H and O–H groups in total. The zero-order valence-electron chi connectivity index (χ0n) is 12.4. The van der Waals surface area contributed by atoms with Gasteiger partial charge in [0.1, 0.15) is 0 Å². The number of benzene rings is 1. The average Bonchev–Trinajstić information content (AvgIpc) is 3.16. The summed E-state index contributed by atoms with van der Waals surface area (Å²) in [6.07, 6.45) is 3.07. The van der Waals surface area contributed by atoms with Gasteiger partial charge in [0.2, 0.25) is 5.91 Å². The number of carbonyl (C=O) groups excluding carboxylic acids is 1. The third-order valence-corrected chi connectivity index (χ3v) is 3.99. The third-order valence-electron chi connectivity index (χ3n) is 3.99. The fourth-order valence-corrected chi connectivity index (χ4v) is 2.28. The van der Waals surface area contributed by atoms with Gasteiger partial charge in [0.25, 0.3) is 0 Å². The summed E-state index contributed by atoms with van der Waals surface area (Å²) in [6, 6.07) is 2.84. The molecule has 0 unspecified atom stereocenters. The van der Waals surface area contributed by atoms with Gasteiger partial charge in [-0.25, -0.2) is 0 Å². The van der Waals surface area contributed by atoms with Crippen LogP contribution in [0.25, 0.3) is 0 Å². The summed E-state index contributed by atoms with van der Waals surface area (Å²) in [4.78, 5) is 12.0. The van der Waals surface area contributed by atoms with E-state index >= 15 is 0 Å². The fourth-order valence-electron chi connectivity index (χ4n) is 2.28. The van der Waals surface area contributed by atoms with Crippen molar-refractivity contribution in [3.63, 3.8) is 0 Å². The minimum absolute atomic E-state index is 0.101. The van der Waals surface area contributed by atoms with Crippen LogP contribution in [-0.4, -0.2) is 18.5 Å². The van der Waals surface area contributed by atoms with E-state index in [2.05, 4.69) is 44.4 Å². The summed E-state index contributed by atoms with van der Waals surface area (Å²) in [5.41, 5.74) is 5.80. The quantitative estimate of drug-likeness (QED) is 0.854. The Bertz CT molecular complexity index is 464. The Morgan fingerprint density at radius 3 is 2.26 bits per heavy atom. The SMILES string of the molecule is Cc1cc(C)c(C)c(NC(=O)CCNC2CC2)c1C. The molecular weight excluding hydrogens is 236 g/mol. The van der Waals surface area contributed by atoms with Gasteiger partial charge in [-0.1, -0.05) is 6.07 Å². The zero-order valence-corrected chi connectivity index (χ0v) is 12.4. The van der Waals surface area contributed by atoms with Crippen LogP contribution in [-0.2, 0) is 4.79 Å². The molecule has 1 aromatic carbocycles. The van der Waals surface area contributed by atoms with E-state index in [1.807, 2.05) is 0 Å². The van der Waals surface area contributed by atoms with E-state index in [9.17, 15) is 4.79 Å². The van der Waals surface area contributed by atoms with Crippen LogP contribution >= 0.6 is 0 Å². The summed E-state index contributed by atoms with van der Waals surface area (Å²) >= 11 is 0. The van der Waals surface area contributed by atoms with E-state index in [4.69, 9.17) is 0 Å². The summed E-state index contributed by atoms with van der Waals surface area (Å²) in [5.74, 6) is 0.101. The molecule has 1 fully saturated rings. The van der Waals surface area contributed by atoms with Crippen LogP contribution in [0.2, 0.25) is 0 Å². The topological polar surface area (TPSA) is 41.1 Å². The molecule has 1 amide bonds. The Labute approximate surface area is 115 Å². The highest BCUT2D eigenvalue weighted by molar-refractivity contribution is 5.92. The molecule has 19 heavy (non-hydrogen) atoms. The first kappa shape index (κ1) is 14.1. The summed E-state index contributed by atoms with van der Waals surface area (Å²) < 4.78 is 0. The van der Waals surface area contributed by atoms with Crippen LogP contribution in [0.1, 0.15) is 41.5 Å². The first-order valence-corrected chi connectivity index (χ1v) is 7.09. The molecule has 0 saturated heterocycles. The third kappa shape index (κ3) is 3.57. The van der Waals surface area contributed by atoms with Gasteiger partial charge in [-0.2, -0.15) is 0 Å². The van der Waals surface area contributed by atoms with E-state index in [0.29, 0.717) is 12.5 Å². The molecule has 0 radical (unpaired) electrons.